The van der Waals surface area contributed by atoms with Gasteiger partial charge in [0.05, 0.1) is 0 Å². The fourth-order valence-electron chi connectivity index (χ4n) is 1.58. The molecule has 1 saturated carbocycles. The lowest BCUT2D eigenvalue weighted by Gasteiger charge is -2.35. The van der Waals surface area contributed by atoms with E-state index < -0.39 is 0 Å². The largest absolute Gasteiger partial charge is 0.124 e. The monoisotopic (exact) mass is 144 g/mol. The molecule has 0 atom stereocenters. The van der Waals surface area contributed by atoms with E-state index in [-0.39, 0.29) is 0 Å². The second-order valence-electron chi connectivity index (χ2n) is 3.45. The molecule has 0 N–H and O–H groups in total. The van der Waals surface area contributed by atoms with Gasteiger partial charge in [-0.05, 0) is 30.6 Å². The van der Waals surface area contributed by atoms with Crippen LogP contribution in [-0.4, -0.2) is 0 Å². The summed E-state index contributed by atoms with van der Waals surface area (Å²) in [6.45, 7) is 3.87. The Morgan fingerprint density at radius 1 is 1.45 bits per heavy atom. The smallest absolute Gasteiger partial charge is 0.0140 e. The third-order valence-corrected chi connectivity index (χ3v) is 2.55. The van der Waals surface area contributed by atoms with Crippen molar-refractivity contribution >= 4 is 0 Å². The van der Waals surface area contributed by atoms with E-state index in [1.807, 2.05) is 6.08 Å². The van der Waals surface area contributed by atoms with Gasteiger partial charge in [0.15, 0.2) is 0 Å². The summed E-state index contributed by atoms with van der Waals surface area (Å²) >= 11 is 0. The molecule has 0 heteroatoms. The molecule has 0 nitrogen and oxygen atoms in total. The van der Waals surface area contributed by atoms with Crippen molar-refractivity contribution < 1.29 is 0 Å². The van der Waals surface area contributed by atoms with E-state index >= 15 is 0 Å². The number of hydrogen-bond donors (Lipinski definition) is 0. The topological polar surface area (TPSA) is 0 Å². The van der Waals surface area contributed by atoms with Gasteiger partial charge in [0.1, 0.15) is 0 Å². The molecular formula is C11H12. The zero-order valence-corrected chi connectivity index (χ0v) is 6.64. The lowest BCUT2D eigenvalue weighted by Crippen LogP contribution is -2.23. The molecule has 2 aliphatic rings. The second kappa shape index (κ2) is 2.25. The maximum absolute atomic E-state index is 3.87. The zero-order chi connectivity index (χ0) is 7.73. The van der Waals surface area contributed by atoms with Gasteiger partial charge in [0, 0.05) is 5.41 Å². The SMILES string of the molecule is C=C1C=C=CC2(C=C1)CCC2. The minimum Gasteiger partial charge on any atom is -0.124 e. The minimum atomic E-state index is 0.357. The van der Waals surface area contributed by atoms with Gasteiger partial charge in [-0.15, -0.1) is 5.73 Å². The minimum absolute atomic E-state index is 0.357. The second-order valence-corrected chi connectivity index (χ2v) is 3.45. The standard InChI is InChI=1S/C11H12/c1-10-4-2-6-11(9-5-10)7-3-8-11/h4-6,9H,1,3,7-8H2. The fourth-order valence-corrected chi connectivity index (χ4v) is 1.58. The fraction of sp³-hybridized carbons (Fsp3) is 0.364. The van der Waals surface area contributed by atoms with Gasteiger partial charge in [-0.3, -0.25) is 0 Å². The molecule has 0 aromatic rings. The van der Waals surface area contributed by atoms with Crippen LogP contribution in [0.4, 0.5) is 0 Å². The van der Waals surface area contributed by atoms with Gasteiger partial charge in [0.25, 0.3) is 0 Å². The van der Waals surface area contributed by atoms with Crippen molar-refractivity contribution in [1.29, 1.82) is 0 Å². The van der Waals surface area contributed by atoms with Crippen molar-refractivity contribution in [2.75, 3.05) is 0 Å². The average Bonchev–Trinajstić information content (AvgIpc) is 2.09. The maximum Gasteiger partial charge on any atom is 0.0140 e. The molecule has 1 fully saturated rings. The summed E-state index contributed by atoms with van der Waals surface area (Å²) in [5, 5.41) is 0. The number of allylic oxidation sites excluding steroid dienone is 4. The van der Waals surface area contributed by atoms with Crippen LogP contribution in [0.25, 0.3) is 0 Å². The van der Waals surface area contributed by atoms with Gasteiger partial charge in [-0.2, -0.15) is 0 Å². The molecule has 0 aliphatic heterocycles. The highest BCUT2D eigenvalue weighted by molar-refractivity contribution is 5.33. The summed E-state index contributed by atoms with van der Waals surface area (Å²) in [5.41, 5.74) is 4.60. The molecule has 2 rings (SSSR count). The van der Waals surface area contributed by atoms with Crippen LogP contribution in [0.15, 0.2) is 42.2 Å². The summed E-state index contributed by atoms with van der Waals surface area (Å²) in [7, 11) is 0. The molecule has 0 bridgehead atoms. The van der Waals surface area contributed by atoms with Crippen LogP contribution in [0.3, 0.4) is 0 Å². The summed E-state index contributed by atoms with van der Waals surface area (Å²) in [4.78, 5) is 0. The average molecular weight is 144 g/mol. The highest BCUT2D eigenvalue weighted by Gasteiger charge is 2.31. The van der Waals surface area contributed by atoms with Gasteiger partial charge >= 0.3 is 0 Å². The molecule has 2 aliphatic carbocycles. The van der Waals surface area contributed by atoms with Crippen LogP contribution < -0.4 is 0 Å². The van der Waals surface area contributed by atoms with Crippen LogP contribution in [-0.2, 0) is 0 Å². The molecule has 0 saturated heterocycles. The van der Waals surface area contributed by atoms with Crippen LogP contribution in [0.1, 0.15) is 19.3 Å². The first-order valence-corrected chi connectivity index (χ1v) is 4.13. The van der Waals surface area contributed by atoms with E-state index in [2.05, 4.69) is 30.5 Å². The Morgan fingerprint density at radius 3 is 2.91 bits per heavy atom. The molecule has 56 valence electrons. The summed E-state index contributed by atoms with van der Waals surface area (Å²) in [6, 6.07) is 0. The van der Waals surface area contributed by atoms with E-state index in [1.54, 1.807) is 0 Å². The Kier molecular flexibility index (Phi) is 1.37. The quantitative estimate of drug-likeness (QED) is 0.458. The van der Waals surface area contributed by atoms with Crippen LogP contribution in [0.5, 0.6) is 0 Å². The maximum atomic E-state index is 3.87. The van der Waals surface area contributed by atoms with E-state index in [0.29, 0.717) is 5.41 Å². The molecule has 1 spiro atoms. The van der Waals surface area contributed by atoms with Crippen LogP contribution in [0, 0.1) is 5.41 Å². The van der Waals surface area contributed by atoms with Crippen molar-refractivity contribution in [2.24, 2.45) is 5.41 Å². The van der Waals surface area contributed by atoms with E-state index in [4.69, 9.17) is 0 Å². The van der Waals surface area contributed by atoms with Crippen molar-refractivity contribution in [3.63, 3.8) is 0 Å². The summed E-state index contributed by atoms with van der Waals surface area (Å²) in [5.74, 6) is 0. The molecule has 0 heterocycles. The Balaban J connectivity index is 2.33. The molecule has 0 unspecified atom stereocenters. The Morgan fingerprint density at radius 2 is 2.27 bits per heavy atom. The van der Waals surface area contributed by atoms with Crippen molar-refractivity contribution in [3.05, 3.63) is 42.2 Å². The highest BCUT2D eigenvalue weighted by Crippen LogP contribution is 2.44. The van der Waals surface area contributed by atoms with Crippen molar-refractivity contribution in [3.8, 4) is 0 Å². The normalized spacial score (nSPS) is 25.3. The molecule has 11 heavy (non-hydrogen) atoms. The van der Waals surface area contributed by atoms with Crippen molar-refractivity contribution in [1.82, 2.24) is 0 Å². The molecule has 0 aromatic carbocycles. The van der Waals surface area contributed by atoms with E-state index in [9.17, 15) is 0 Å². The van der Waals surface area contributed by atoms with E-state index in [1.165, 1.54) is 19.3 Å². The zero-order valence-electron chi connectivity index (χ0n) is 6.64. The molecular weight excluding hydrogens is 132 g/mol. The predicted molar refractivity (Wildman–Crippen MR) is 47.2 cm³/mol. The van der Waals surface area contributed by atoms with Crippen molar-refractivity contribution in [2.45, 2.75) is 19.3 Å². The summed E-state index contributed by atoms with van der Waals surface area (Å²) < 4.78 is 0. The van der Waals surface area contributed by atoms with Gasteiger partial charge in [0.2, 0.25) is 0 Å². The molecule has 0 amide bonds. The van der Waals surface area contributed by atoms with Gasteiger partial charge in [-0.25, -0.2) is 0 Å². The lowest BCUT2D eigenvalue weighted by atomic mass is 9.69. The highest BCUT2D eigenvalue weighted by atomic mass is 14.3. The third kappa shape index (κ3) is 1.10. The van der Waals surface area contributed by atoms with E-state index in [0.717, 1.165) is 5.57 Å². The predicted octanol–water partition coefficient (Wildman–Crippen LogP) is 2.99. The Bertz CT molecular complexity index is 268. The first-order valence-electron chi connectivity index (χ1n) is 4.13. The van der Waals surface area contributed by atoms with Gasteiger partial charge < -0.3 is 0 Å². The van der Waals surface area contributed by atoms with Crippen LogP contribution in [0.2, 0.25) is 0 Å². The lowest BCUT2D eigenvalue weighted by molar-refractivity contribution is 0.278. The number of rotatable bonds is 0. The first-order chi connectivity index (χ1) is 5.31. The van der Waals surface area contributed by atoms with Crippen LogP contribution >= 0.6 is 0 Å². The van der Waals surface area contributed by atoms with Gasteiger partial charge in [-0.1, -0.05) is 25.2 Å². The Hall–Kier alpha value is -1.00. The Labute approximate surface area is 67.6 Å². The molecule has 0 aromatic heterocycles. The molecule has 0 radical (unpaired) electrons. The third-order valence-electron chi connectivity index (χ3n) is 2.55. The summed E-state index contributed by atoms with van der Waals surface area (Å²) in [6.07, 6.45) is 12.4. The number of hydrogen-bond acceptors (Lipinski definition) is 0. The first kappa shape index (κ1) is 6.69.